The lowest BCUT2D eigenvalue weighted by atomic mass is 10.0. The van der Waals surface area contributed by atoms with E-state index in [2.05, 4.69) is 5.32 Å². The van der Waals surface area contributed by atoms with Crippen LogP contribution in [0.5, 0.6) is 5.75 Å². The van der Waals surface area contributed by atoms with Gasteiger partial charge in [-0.15, -0.1) is 0 Å². The summed E-state index contributed by atoms with van der Waals surface area (Å²) >= 11 is 0. The summed E-state index contributed by atoms with van der Waals surface area (Å²) in [4.78, 5) is 0. The minimum Gasteiger partial charge on any atom is -0.497 e. The first kappa shape index (κ1) is 15.0. The van der Waals surface area contributed by atoms with Crippen LogP contribution in [0.25, 0.3) is 0 Å². The van der Waals surface area contributed by atoms with Crippen molar-refractivity contribution >= 4 is 0 Å². The number of nitrogens with one attached hydrogen (secondary N) is 1. The molecule has 1 unspecified atom stereocenters. The molecule has 0 aromatic heterocycles. The molecule has 3 N–H and O–H groups in total. The van der Waals surface area contributed by atoms with Crippen LogP contribution in [0.4, 0.5) is 0 Å². The highest BCUT2D eigenvalue weighted by molar-refractivity contribution is 5.27. The highest BCUT2D eigenvalue weighted by Crippen LogP contribution is 2.13. The normalized spacial score (nSPS) is 13.4. The summed E-state index contributed by atoms with van der Waals surface area (Å²) in [7, 11) is 1.65. The maximum Gasteiger partial charge on any atom is 0.118 e. The highest BCUT2D eigenvalue weighted by atomic mass is 16.5. The Kier molecular flexibility index (Phi) is 5.59. The minimum absolute atomic E-state index is 0.0869. The molecule has 4 heteroatoms. The number of methoxy groups -OCH3 is 1. The van der Waals surface area contributed by atoms with Gasteiger partial charge in [-0.3, -0.25) is 0 Å². The fourth-order valence-corrected chi connectivity index (χ4v) is 1.90. The van der Waals surface area contributed by atoms with E-state index >= 15 is 0 Å². The molecule has 0 spiro atoms. The molecule has 1 rings (SSSR count). The van der Waals surface area contributed by atoms with E-state index in [1.165, 1.54) is 5.56 Å². The van der Waals surface area contributed by atoms with E-state index in [0.29, 0.717) is 0 Å². The zero-order chi connectivity index (χ0) is 13.6. The van der Waals surface area contributed by atoms with E-state index in [1.54, 1.807) is 14.0 Å². The molecule has 0 aliphatic rings. The first-order chi connectivity index (χ1) is 8.53. The summed E-state index contributed by atoms with van der Waals surface area (Å²) in [6, 6.07) is 8.07. The van der Waals surface area contributed by atoms with Crippen LogP contribution in [-0.2, 0) is 6.42 Å². The average Bonchev–Trinajstić information content (AvgIpc) is 2.39. The van der Waals surface area contributed by atoms with Crippen LogP contribution < -0.4 is 10.1 Å². The maximum atomic E-state index is 9.23. The Hall–Kier alpha value is -1.10. The number of aliphatic hydroxyl groups excluding tert-OH is 2. The Morgan fingerprint density at radius 3 is 2.22 bits per heavy atom. The standard InChI is InChI=1S/C14H23NO3/c1-11(15-14(2,9-16)10-17)8-12-4-6-13(18-3)7-5-12/h4-7,11,15-17H,8-10H2,1-3H3. The number of hydrogen-bond donors (Lipinski definition) is 3. The summed E-state index contributed by atoms with van der Waals surface area (Å²) in [6.07, 6.45) is 0.833. The van der Waals surface area contributed by atoms with Crippen LogP contribution in [0.1, 0.15) is 19.4 Å². The second-order valence-electron chi connectivity index (χ2n) is 4.97. The quantitative estimate of drug-likeness (QED) is 0.677. The third-order valence-corrected chi connectivity index (χ3v) is 2.99. The van der Waals surface area contributed by atoms with E-state index in [4.69, 9.17) is 4.74 Å². The number of rotatable bonds is 7. The van der Waals surface area contributed by atoms with Crippen molar-refractivity contribution in [2.24, 2.45) is 0 Å². The van der Waals surface area contributed by atoms with Gasteiger partial charge in [0.15, 0.2) is 0 Å². The van der Waals surface area contributed by atoms with Gasteiger partial charge < -0.3 is 20.3 Å². The SMILES string of the molecule is COc1ccc(CC(C)NC(C)(CO)CO)cc1. The van der Waals surface area contributed by atoms with Crippen molar-refractivity contribution in [1.29, 1.82) is 0 Å². The van der Waals surface area contributed by atoms with Crippen molar-refractivity contribution in [1.82, 2.24) is 5.32 Å². The van der Waals surface area contributed by atoms with E-state index < -0.39 is 5.54 Å². The smallest absolute Gasteiger partial charge is 0.118 e. The van der Waals surface area contributed by atoms with E-state index in [0.717, 1.165) is 12.2 Å². The lowest BCUT2D eigenvalue weighted by Crippen LogP contribution is -2.53. The van der Waals surface area contributed by atoms with Gasteiger partial charge in [0.05, 0.1) is 25.9 Å². The van der Waals surface area contributed by atoms with Crippen LogP contribution in [0, 0.1) is 0 Å². The minimum atomic E-state index is -0.633. The Morgan fingerprint density at radius 1 is 1.22 bits per heavy atom. The molecular formula is C14H23NO3. The lowest BCUT2D eigenvalue weighted by molar-refractivity contribution is 0.0957. The molecule has 0 radical (unpaired) electrons. The molecule has 18 heavy (non-hydrogen) atoms. The van der Waals surface area contributed by atoms with Gasteiger partial charge in [-0.05, 0) is 38.0 Å². The topological polar surface area (TPSA) is 61.7 Å². The molecule has 0 aliphatic carbocycles. The van der Waals surface area contributed by atoms with Crippen molar-refractivity contribution in [2.45, 2.75) is 31.8 Å². The van der Waals surface area contributed by atoms with Gasteiger partial charge in [0.2, 0.25) is 0 Å². The van der Waals surface area contributed by atoms with E-state index in [-0.39, 0.29) is 19.3 Å². The largest absolute Gasteiger partial charge is 0.497 e. The summed E-state index contributed by atoms with van der Waals surface area (Å²) < 4.78 is 5.11. The summed E-state index contributed by atoms with van der Waals surface area (Å²) in [5.74, 6) is 0.843. The molecule has 0 bridgehead atoms. The lowest BCUT2D eigenvalue weighted by Gasteiger charge is -2.30. The second kappa shape index (κ2) is 6.73. The molecule has 0 saturated carbocycles. The van der Waals surface area contributed by atoms with Crippen molar-refractivity contribution in [2.75, 3.05) is 20.3 Å². The highest BCUT2D eigenvalue weighted by Gasteiger charge is 2.23. The average molecular weight is 253 g/mol. The molecule has 4 nitrogen and oxygen atoms in total. The fourth-order valence-electron chi connectivity index (χ4n) is 1.90. The van der Waals surface area contributed by atoms with Crippen molar-refractivity contribution in [3.05, 3.63) is 29.8 Å². The maximum absolute atomic E-state index is 9.23. The molecule has 1 aromatic carbocycles. The number of hydrogen-bond acceptors (Lipinski definition) is 4. The molecule has 0 amide bonds. The number of aliphatic hydroxyl groups is 2. The summed E-state index contributed by atoms with van der Waals surface area (Å²) in [5, 5.41) is 21.7. The van der Waals surface area contributed by atoms with Crippen LogP contribution in [0.3, 0.4) is 0 Å². The van der Waals surface area contributed by atoms with Gasteiger partial charge in [-0.2, -0.15) is 0 Å². The molecular weight excluding hydrogens is 230 g/mol. The molecule has 102 valence electrons. The predicted octanol–water partition coefficient (Wildman–Crippen LogP) is 0.959. The van der Waals surface area contributed by atoms with Crippen molar-refractivity contribution in [3.63, 3.8) is 0 Å². The van der Waals surface area contributed by atoms with E-state index in [1.807, 2.05) is 31.2 Å². The van der Waals surface area contributed by atoms with Crippen LogP contribution in [0.15, 0.2) is 24.3 Å². The van der Waals surface area contributed by atoms with Gasteiger partial charge in [-0.25, -0.2) is 0 Å². The number of benzene rings is 1. The molecule has 1 aromatic rings. The van der Waals surface area contributed by atoms with Crippen LogP contribution in [0.2, 0.25) is 0 Å². The van der Waals surface area contributed by atoms with Gasteiger partial charge in [0.25, 0.3) is 0 Å². The Labute approximate surface area is 109 Å². The fraction of sp³-hybridized carbons (Fsp3) is 0.571. The molecule has 0 fully saturated rings. The predicted molar refractivity (Wildman–Crippen MR) is 71.9 cm³/mol. The third kappa shape index (κ3) is 4.29. The summed E-state index contributed by atoms with van der Waals surface area (Å²) in [5.41, 5.74) is 0.556. The molecule has 0 saturated heterocycles. The van der Waals surface area contributed by atoms with Crippen LogP contribution in [-0.4, -0.2) is 42.1 Å². The van der Waals surface area contributed by atoms with Gasteiger partial charge in [0, 0.05) is 6.04 Å². The summed E-state index contributed by atoms with van der Waals surface area (Å²) in [6.45, 7) is 3.66. The van der Waals surface area contributed by atoms with Crippen molar-refractivity contribution < 1.29 is 14.9 Å². The van der Waals surface area contributed by atoms with Gasteiger partial charge in [0.1, 0.15) is 5.75 Å². The first-order valence-electron chi connectivity index (χ1n) is 6.15. The number of ether oxygens (including phenoxy) is 1. The Bertz CT molecular complexity index is 347. The van der Waals surface area contributed by atoms with Gasteiger partial charge >= 0.3 is 0 Å². The Morgan fingerprint density at radius 2 is 1.78 bits per heavy atom. The molecule has 0 aliphatic heterocycles. The Balaban J connectivity index is 2.55. The third-order valence-electron chi connectivity index (χ3n) is 2.99. The van der Waals surface area contributed by atoms with Crippen molar-refractivity contribution in [3.8, 4) is 5.75 Å². The van der Waals surface area contributed by atoms with E-state index in [9.17, 15) is 10.2 Å². The zero-order valence-electron chi connectivity index (χ0n) is 11.3. The molecule has 0 heterocycles. The van der Waals surface area contributed by atoms with Crippen LogP contribution >= 0.6 is 0 Å². The monoisotopic (exact) mass is 253 g/mol. The van der Waals surface area contributed by atoms with Gasteiger partial charge in [-0.1, -0.05) is 12.1 Å². The first-order valence-corrected chi connectivity index (χ1v) is 6.15. The zero-order valence-corrected chi connectivity index (χ0v) is 11.3. The molecule has 1 atom stereocenters. The second-order valence-corrected chi connectivity index (χ2v) is 4.97.